The van der Waals surface area contributed by atoms with Gasteiger partial charge in [0.1, 0.15) is 0 Å². The summed E-state index contributed by atoms with van der Waals surface area (Å²) in [5.41, 5.74) is 8.74. The van der Waals surface area contributed by atoms with Crippen LogP contribution in [0.25, 0.3) is 33.0 Å². The van der Waals surface area contributed by atoms with E-state index in [1.54, 1.807) is 10.4 Å². The molecule has 6 rings (SSSR count). The van der Waals surface area contributed by atoms with Crippen molar-refractivity contribution in [2.45, 2.75) is 85.2 Å². The van der Waals surface area contributed by atoms with Crippen LogP contribution >= 0.6 is 17.0 Å². The first-order valence-corrected chi connectivity index (χ1v) is 30.9. The molecule has 1 unspecified atom stereocenters. The Balaban J connectivity index is 0.000000245. The monoisotopic (exact) mass is 772 g/mol. The maximum atomic E-state index is 4.93. The van der Waals surface area contributed by atoms with Crippen LogP contribution in [0.5, 0.6) is 0 Å². The van der Waals surface area contributed by atoms with Gasteiger partial charge in [0.2, 0.25) is 0 Å². The van der Waals surface area contributed by atoms with E-state index in [9.17, 15) is 0 Å². The summed E-state index contributed by atoms with van der Waals surface area (Å²) in [4.78, 5) is 0. The number of aryl methyl sites for hydroxylation is 1. The zero-order valence-electron chi connectivity index (χ0n) is 29.0. The summed E-state index contributed by atoms with van der Waals surface area (Å²) in [6, 6.07) is 35.5. The van der Waals surface area contributed by atoms with Crippen molar-refractivity contribution in [1.29, 1.82) is 0 Å². The molecule has 1 atom stereocenters. The van der Waals surface area contributed by atoms with Crippen LogP contribution < -0.4 is 20.7 Å². The van der Waals surface area contributed by atoms with Crippen LogP contribution in [0.3, 0.4) is 0 Å². The molecule has 0 bridgehead atoms. The Morgan fingerprint density at radius 3 is 2.07 bits per heavy atom. The normalized spacial score (nSPS) is 12.7. The molecule has 5 aromatic rings. The molecule has 0 aliphatic carbocycles. The molecule has 46 heavy (non-hydrogen) atoms. The molecule has 1 heterocycles. The van der Waals surface area contributed by atoms with E-state index in [1.807, 2.05) is 6.07 Å². The number of halogens is 2. The smallest absolute Gasteiger partial charge is 0.0920 e. The van der Waals surface area contributed by atoms with Crippen molar-refractivity contribution >= 4 is 74.2 Å². The van der Waals surface area contributed by atoms with Crippen LogP contribution in [-0.4, -0.2) is 25.7 Å². The Morgan fingerprint density at radius 1 is 0.826 bits per heavy atom. The van der Waals surface area contributed by atoms with Crippen molar-refractivity contribution in [1.82, 2.24) is 0 Å². The molecule has 0 saturated heterocycles. The quantitative estimate of drug-likeness (QED) is 0.112. The zero-order chi connectivity index (χ0) is 33.6. The topological polar surface area (TPSA) is 0 Å². The molecule has 0 aromatic heterocycles. The molecular formula is C40H48Cl2Si3Zr. The van der Waals surface area contributed by atoms with Gasteiger partial charge in [-0.3, -0.25) is 0 Å². The maximum Gasteiger partial charge on any atom is 0.0920 e. The average Bonchev–Trinajstić information content (AvgIpc) is 3.62. The minimum absolute atomic E-state index is 0.616. The molecular weight excluding hydrogens is 727 g/mol. The minimum atomic E-state index is -1.41. The fourth-order valence-corrected chi connectivity index (χ4v) is 9.86. The van der Waals surface area contributed by atoms with Crippen LogP contribution in [0, 0.1) is 6.07 Å². The summed E-state index contributed by atoms with van der Waals surface area (Å²) in [6.45, 7) is 21.9. The second kappa shape index (κ2) is 16.3. The van der Waals surface area contributed by atoms with Crippen LogP contribution in [0.2, 0.25) is 39.3 Å². The van der Waals surface area contributed by atoms with Crippen molar-refractivity contribution < 1.29 is 20.8 Å². The maximum absolute atomic E-state index is 4.93. The predicted octanol–water partition coefficient (Wildman–Crippen LogP) is 10.3. The number of hydrogen-bond donors (Lipinski definition) is 0. The molecule has 0 nitrogen and oxygen atoms in total. The Bertz CT molecular complexity index is 1690. The Morgan fingerprint density at radius 2 is 1.46 bits per heavy atom. The molecule has 6 heteroatoms. The second-order valence-corrected chi connectivity index (χ2v) is 29.6. The van der Waals surface area contributed by atoms with Crippen LogP contribution in [0.4, 0.5) is 0 Å². The van der Waals surface area contributed by atoms with Crippen molar-refractivity contribution in [3.8, 4) is 22.3 Å². The van der Waals surface area contributed by atoms with Crippen molar-refractivity contribution in [2.75, 3.05) is 0 Å². The van der Waals surface area contributed by atoms with E-state index in [4.69, 9.17) is 17.0 Å². The average molecular weight is 775 g/mol. The van der Waals surface area contributed by atoms with Crippen LogP contribution in [0.1, 0.15) is 50.7 Å². The first-order valence-electron chi connectivity index (χ1n) is 16.5. The first-order chi connectivity index (χ1) is 21.8. The second-order valence-electron chi connectivity index (χ2n) is 14.5. The molecule has 1 aliphatic heterocycles. The molecule has 0 fully saturated rings. The SMILES string of the molecule is CCCc1ccc2[cH-]c(C(C)CC)cc2c1-c1cc([Si](C)(C)C)cc([Si](C)(C)C)c1.[Cl][Zr+2][Cl].[c-]1cccc2c1[Si]c1ccccc1-2. The van der Waals surface area contributed by atoms with E-state index in [2.05, 4.69) is 145 Å². The molecule has 1 aliphatic rings. The van der Waals surface area contributed by atoms with Gasteiger partial charge in [0.15, 0.2) is 0 Å². The van der Waals surface area contributed by atoms with E-state index < -0.39 is 37.0 Å². The standard InChI is InChI=1S/C28H41Si2.C12H7Si.2ClH.Zr/c1-10-12-21-13-14-22-15-23(20(3)11-2)18-27(22)28(21)24-16-25(29(4,5)6)19-26(17-24)30(7,8)9;1-3-7-11-9(5-1)10-6-2-4-8-12(10)13-11;;;/h13-20H,10-12H2,1-9H3;1-7H;2*1H;/q2*-1;;;+4/p-2. The van der Waals surface area contributed by atoms with E-state index in [1.165, 1.54) is 67.4 Å². The van der Waals surface area contributed by atoms with Gasteiger partial charge in [-0.25, -0.2) is 0 Å². The molecule has 2 radical (unpaired) electrons. The number of fused-ring (bicyclic) bond motifs is 4. The summed E-state index contributed by atoms with van der Waals surface area (Å²) < 4.78 is 0. The van der Waals surface area contributed by atoms with Gasteiger partial charge in [-0.2, -0.15) is 35.5 Å². The zero-order valence-corrected chi connectivity index (χ0v) is 36.0. The van der Waals surface area contributed by atoms with Gasteiger partial charge >= 0.3 is 37.9 Å². The molecule has 5 aromatic carbocycles. The molecule has 0 N–H and O–H groups in total. The Labute approximate surface area is 302 Å². The molecule has 0 saturated carbocycles. The fraction of sp³-hybridized carbons (Fsp3) is 0.325. The van der Waals surface area contributed by atoms with Crippen LogP contribution in [0.15, 0.2) is 84.9 Å². The van der Waals surface area contributed by atoms with Crippen molar-refractivity contribution in [2.24, 2.45) is 0 Å². The van der Waals surface area contributed by atoms with Gasteiger partial charge in [-0.15, -0.1) is 40.1 Å². The fourth-order valence-electron chi connectivity index (χ4n) is 6.05. The van der Waals surface area contributed by atoms with Gasteiger partial charge in [-0.05, 0) is 17.9 Å². The van der Waals surface area contributed by atoms with E-state index >= 15 is 0 Å². The summed E-state index contributed by atoms with van der Waals surface area (Å²) >= 11 is -0.826. The summed E-state index contributed by atoms with van der Waals surface area (Å²) in [5.74, 6) is 0.616. The summed E-state index contributed by atoms with van der Waals surface area (Å²) in [5, 5.41) is 8.90. The van der Waals surface area contributed by atoms with Gasteiger partial charge in [0.25, 0.3) is 0 Å². The minimum Gasteiger partial charge on any atom is -0.184 e. The van der Waals surface area contributed by atoms with Crippen molar-refractivity contribution in [3.63, 3.8) is 0 Å². The van der Waals surface area contributed by atoms with Gasteiger partial charge in [0.05, 0.1) is 25.7 Å². The van der Waals surface area contributed by atoms with Crippen molar-refractivity contribution in [3.05, 3.63) is 102 Å². The largest absolute Gasteiger partial charge is 0.184 e. The van der Waals surface area contributed by atoms with Gasteiger partial charge < -0.3 is 0 Å². The number of hydrogen-bond acceptors (Lipinski definition) is 0. The third kappa shape index (κ3) is 8.98. The first kappa shape index (κ1) is 37.4. The molecule has 0 spiro atoms. The number of benzene rings is 4. The van der Waals surface area contributed by atoms with Gasteiger partial charge in [-0.1, -0.05) is 148 Å². The van der Waals surface area contributed by atoms with E-state index in [-0.39, 0.29) is 0 Å². The number of rotatable bonds is 7. The van der Waals surface area contributed by atoms with E-state index in [0.29, 0.717) is 5.92 Å². The van der Waals surface area contributed by atoms with E-state index in [0.717, 1.165) is 15.9 Å². The van der Waals surface area contributed by atoms with Crippen LogP contribution in [-0.2, 0) is 27.3 Å². The predicted molar refractivity (Wildman–Crippen MR) is 211 cm³/mol. The summed E-state index contributed by atoms with van der Waals surface area (Å²) in [7, 11) is 7.85. The summed E-state index contributed by atoms with van der Waals surface area (Å²) in [6.07, 6.45) is 3.53. The molecule has 238 valence electrons. The molecule has 0 amide bonds. The Kier molecular flexibility index (Phi) is 13.3. The third-order valence-corrected chi connectivity index (χ3v) is 14.4. The van der Waals surface area contributed by atoms with Gasteiger partial charge in [0, 0.05) is 0 Å². The Hall–Kier alpha value is -1.40. The third-order valence-electron chi connectivity index (χ3n) is 8.99.